The van der Waals surface area contributed by atoms with E-state index >= 15 is 0 Å². The maximum atomic E-state index is 6.07. The van der Waals surface area contributed by atoms with Gasteiger partial charge in [-0.3, -0.25) is 0 Å². The normalized spacial score (nSPS) is 27.2. The molecule has 3 unspecified atom stereocenters. The van der Waals surface area contributed by atoms with E-state index in [1.165, 1.54) is 24.8 Å². The molecule has 1 aromatic rings. The highest BCUT2D eigenvalue weighted by atomic mass is 15.6. The van der Waals surface area contributed by atoms with Gasteiger partial charge in [-0.2, -0.15) is 0 Å². The number of hydrogen-bond acceptors (Lipinski definition) is 3. The van der Waals surface area contributed by atoms with E-state index in [4.69, 9.17) is 5.73 Å². The minimum Gasteiger partial charge on any atom is -0.329 e. The van der Waals surface area contributed by atoms with Crippen LogP contribution in [0.15, 0.2) is 30.3 Å². The average molecular weight is 275 g/mol. The zero-order chi connectivity index (χ0) is 14.6. The maximum absolute atomic E-state index is 6.07. The number of benzene rings is 1. The van der Waals surface area contributed by atoms with Gasteiger partial charge in [0.2, 0.25) is 0 Å². The van der Waals surface area contributed by atoms with Crippen molar-refractivity contribution in [3.05, 3.63) is 35.9 Å². The van der Waals surface area contributed by atoms with E-state index < -0.39 is 0 Å². The van der Waals surface area contributed by atoms with Crippen LogP contribution in [0.3, 0.4) is 0 Å². The Kier molecular flexibility index (Phi) is 5.19. The Hall–Kier alpha value is -0.900. The highest BCUT2D eigenvalue weighted by Gasteiger charge is 2.31. The van der Waals surface area contributed by atoms with Gasteiger partial charge in [0.25, 0.3) is 0 Å². The Morgan fingerprint density at radius 3 is 2.35 bits per heavy atom. The predicted molar refractivity (Wildman–Crippen MR) is 85.4 cm³/mol. The van der Waals surface area contributed by atoms with Crippen LogP contribution >= 0.6 is 0 Å². The van der Waals surface area contributed by atoms with Gasteiger partial charge in [0.15, 0.2) is 0 Å². The van der Waals surface area contributed by atoms with Crippen molar-refractivity contribution in [3.63, 3.8) is 0 Å². The first-order valence-corrected chi connectivity index (χ1v) is 7.84. The quantitative estimate of drug-likeness (QED) is 0.868. The molecule has 0 radical (unpaired) electrons. The Labute approximate surface area is 123 Å². The SMILES string of the molecule is CC1CCCC(C)N1NC(C)(CN)Cc1ccccc1. The number of nitrogens with two attached hydrogens (primary N) is 1. The second-order valence-corrected chi connectivity index (χ2v) is 6.58. The van der Waals surface area contributed by atoms with Crippen LogP contribution in [0.2, 0.25) is 0 Å². The molecule has 3 heteroatoms. The van der Waals surface area contributed by atoms with Crippen LogP contribution < -0.4 is 11.2 Å². The molecule has 1 aliphatic rings. The van der Waals surface area contributed by atoms with E-state index in [1.807, 2.05) is 0 Å². The number of hydrogen-bond donors (Lipinski definition) is 2. The van der Waals surface area contributed by atoms with Crippen molar-refractivity contribution >= 4 is 0 Å². The summed E-state index contributed by atoms with van der Waals surface area (Å²) in [6.45, 7) is 7.48. The molecule has 1 saturated heterocycles. The standard InChI is InChI=1S/C17H29N3/c1-14-8-7-9-15(2)20(14)19-17(3,13-18)12-16-10-5-4-6-11-16/h4-6,10-11,14-15,19H,7-9,12-13,18H2,1-3H3. The molecule has 2 rings (SSSR count). The van der Waals surface area contributed by atoms with E-state index in [9.17, 15) is 0 Å². The van der Waals surface area contributed by atoms with Gasteiger partial charge in [-0.25, -0.2) is 10.4 Å². The predicted octanol–water partition coefficient (Wildman–Crippen LogP) is 2.71. The summed E-state index contributed by atoms with van der Waals surface area (Å²) in [7, 11) is 0. The topological polar surface area (TPSA) is 41.3 Å². The molecule has 3 atom stereocenters. The fraction of sp³-hybridized carbons (Fsp3) is 0.647. The molecular weight excluding hydrogens is 246 g/mol. The third-order valence-electron chi connectivity index (χ3n) is 4.48. The molecule has 3 N–H and O–H groups in total. The van der Waals surface area contributed by atoms with Crippen LogP contribution in [0.25, 0.3) is 0 Å². The lowest BCUT2D eigenvalue weighted by Crippen LogP contribution is -2.63. The molecule has 112 valence electrons. The van der Waals surface area contributed by atoms with Gasteiger partial charge in [0.1, 0.15) is 0 Å². The number of nitrogens with zero attached hydrogens (tertiary/aromatic N) is 1. The largest absolute Gasteiger partial charge is 0.329 e. The van der Waals surface area contributed by atoms with Crippen molar-refractivity contribution in [1.82, 2.24) is 10.4 Å². The van der Waals surface area contributed by atoms with Crippen molar-refractivity contribution in [2.24, 2.45) is 5.73 Å². The first-order valence-electron chi connectivity index (χ1n) is 7.84. The second-order valence-electron chi connectivity index (χ2n) is 6.58. The molecule has 0 aliphatic carbocycles. The van der Waals surface area contributed by atoms with Gasteiger partial charge in [-0.15, -0.1) is 0 Å². The molecule has 0 bridgehead atoms. The van der Waals surface area contributed by atoms with Crippen LogP contribution in [0.1, 0.15) is 45.6 Å². The molecule has 1 aliphatic heterocycles. The van der Waals surface area contributed by atoms with Crippen LogP contribution in [0, 0.1) is 0 Å². The van der Waals surface area contributed by atoms with Crippen LogP contribution in [0.5, 0.6) is 0 Å². The summed E-state index contributed by atoms with van der Waals surface area (Å²) < 4.78 is 0. The Morgan fingerprint density at radius 2 is 1.80 bits per heavy atom. The number of nitrogens with one attached hydrogen (secondary N) is 1. The molecule has 0 spiro atoms. The van der Waals surface area contributed by atoms with Gasteiger partial charge in [-0.05, 0) is 45.6 Å². The van der Waals surface area contributed by atoms with Gasteiger partial charge in [0, 0.05) is 24.2 Å². The van der Waals surface area contributed by atoms with E-state index in [0.717, 1.165) is 6.42 Å². The molecule has 1 aromatic carbocycles. The van der Waals surface area contributed by atoms with Crippen LogP contribution in [-0.4, -0.2) is 29.2 Å². The lowest BCUT2D eigenvalue weighted by atomic mass is 9.92. The van der Waals surface area contributed by atoms with E-state index in [0.29, 0.717) is 18.6 Å². The summed E-state index contributed by atoms with van der Waals surface area (Å²) >= 11 is 0. The van der Waals surface area contributed by atoms with Gasteiger partial charge in [-0.1, -0.05) is 36.8 Å². The lowest BCUT2D eigenvalue weighted by molar-refractivity contribution is 0.00665. The minimum atomic E-state index is -0.0821. The number of piperidine rings is 1. The van der Waals surface area contributed by atoms with Gasteiger partial charge in [0.05, 0.1) is 0 Å². The number of rotatable bonds is 5. The highest BCUT2D eigenvalue weighted by Crippen LogP contribution is 2.23. The first kappa shape index (κ1) is 15.5. The Balaban J connectivity index is 2.06. The van der Waals surface area contributed by atoms with Gasteiger partial charge < -0.3 is 5.73 Å². The summed E-state index contributed by atoms with van der Waals surface area (Å²) in [5.41, 5.74) is 11.1. The van der Waals surface area contributed by atoms with Crippen molar-refractivity contribution < 1.29 is 0 Å². The summed E-state index contributed by atoms with van der Waals surface area (Å²) in [4.78, 5) is 0. The van der Waals surface area contributed by atoms with E-state index in [-0.39, 0.29) is 5.54 Å². The fourth-order valence-corrected chi connectivity index (χ4v) is 3.16. The second kappa shape index (κ2) is 6.70. The summed E-state index contributed by atoms with van der Waals surface area (Å²) in [5, 5.41) is 2.43. The first-order chi connectivity index (χ1) is 9.54. The van der Waals surface area contributed by atoms with Gasteiger partial charge >= 0.3 is 0 Å². The molecule has 1 fully saturated rings. The smallest absolute Gasteiger partial charge is 0.0460 e. The monoisotopic (exact) mass is 275 g/mol. The highest BCUT2D eigenvalue weighted by molar-refractivity contribution is 5.17. The molecule has 0 saturated carbocycles. The molecule has 1 heterocycles. The minimum absolute atomic E-state index is 0.0821. The summed E-state index contributed by atoms with van der Waals surface area (Å²) in [6.07, 6.45) is 4.82. The van der Waals surface area contributed by atoms with E-state index in [1.54, 1.807) is 0 Å². The summed E-state index contributed by atoms with van der Waals surface area (Å²) in [6, 6.07) is 11.8. The molecule has 0 aromatic heterocycles. The third-order valence-corrected chi connectivity index (χ3v) is 4.48. The van der Waals surface area contributed by atoms with Crippen LogP contribution in [0.4, 0.5) is 0 Å². The fourth-order valence-electron chi connectivity index (χ4n) is 3.16. The van der Waals surface area contributed by atoms with Crippen molar-refractivity contribution in [3.8, 4) is 0 Å². The summed E-state index contributed by atoms with van der Waals surface area (Å²) in [5.74, 6) is 0. The number of hydrazine groups is 1. The van der Waals surface area contributed by atoms with Crippen molar-refractivity contribution in [1.29, 1.82) is 0 Å². The van der Waals surface area contributed by atoms with Crippen LogP contribution in [-0.2, 0) is 6.42 Å². The zero-order valence-electron chi connectivity index (χ0n) is 13.1. The third kappa shape index (κ3) is 3.81. The average Bonchev–Trinajstić information content (AvgIpc) is 2.44. The van der Waals surface area contributed by atoms with E-state index in [2.05, 4.69) is 61.5 Å². The maximum Gasteiger partial charge on any atom is 0.0460 e. The Bertz CT molecular complexity index is 396. The zero-order valence-corrected chi connectivity index (χ0v) is 13.1. The van der Waals surface area contributed by atoms with Crippen molar-refractivity contribution in [2.45, 2.75) is 64.1 Å². The molecular formula is C17H29N3. The van der Waals surface area contributed by atoms with Crippen molar-refractivity contribution in [2.75, 3.05) is 6.54 Å². The Morgan fingerprint density at radius 1 is 1.20 bits per heavy atom. The lowest BCUT2D eigenvalue weighted by Gasteiger charge is -2.45. The molecule has 0 amide bonds. The molecule has 3 nitrogen and oxygen atoms in total. The molecule has 20 heavy (non-hydrogen) atoms.